The Balaban J connectivity index is 2.53. The summed E-state index contributed by atoms with van der Waals surface area (Å²) in [4.78, 5) is 15.6. The number of rotatable bonds is 3. The highest BCUT2D eigenvalue weighted by molar-refractivity contribution is 7.89. The number of esters is 1. The largest absolute Gasteiger partial charge is 0.464 e. The number of benzene rings is 1. The first-order valence-corrected chi connectivity index (χ1v) is 7.36. The van der Waals surface area contributed by atoms with Gasteiger partial charge in [-0.2, -0.15) is 0 Å². The van der Waals surface area contributed by atoms with E-state index in [9.17, 15) is 13.2 Å². The molecule has 0 aliphatic carbocycles. The number of anilines is 1. The van der Waals surface area contributed by atoms with E-state index in [1.54, 1.807) is 6.92 Å². The molecule has 2 rings (SSSR count). The second kappa shape index (κ2) is 5.19. The molecule has 0 saturated heterocycles. The van der Waals surface area contributed by atoms with Crippen LogP contribution in [-0.2, 0) is 14.8 Å². The molecule has 8 nitrogen and oxygen atoms in total. The highest BCUT2D eigenvalue weighted by Gasteiger charge is 2.20. The Morgan fingerprint density at radius 1 is 1.29 bits per heavy atom. The van der Waals surface area contributed by atoms with E-state index in [0.29, 0.717) is 11.5 Å². The van der Waals surface area contributed by atoms with Crippen LogP contribution in [0, 0.1) is 6.92 Å². The fraction of sp³-hybridized carbons (Fsp3) is 0.167. The van der Waals surface area contributed by atoms with Crippen LogP contribution >= 0.6 is 0 Å². The third kappa shape index (κ3) is 2.73. The molecular formula is C12H14N4O4S. The maximum Gasteiger partial charge on any atom is 0.360 e. The standard InChI is InChI=1S/C12H14N4O4S/c1-7-15-10(12(17)20-2)11(13)16(7)8-3-5-9(6-4-8)21(14,18)19/h3-6H,13H2,1-2H3,(H2,14,18,19). The molecule has 4 N–H and O–H groups in total. The number of aryl methyl sites for hydroxylation is 1. The predicted octanol–water partition coefficient (Wildman–Crippen LogP) is 0.197. The summed E-state index contributed by atoms with van der Waals surface area (Å²) in [5.41, 5.74) is 6.45. The molecule has 0 bridgehead atoms. The molecule has 1 aromatic heterocycles. The van der Waals surface area contributed by atoms with Crippen molar-refractivity contribution in [2.75, 3.05) is 12.8 Å². The normalized spacial score (nSPS) is 11.4. The van der Waals surface area contributed by atoms with E-state index in [-0.39, 0.29) is 16.4 Å². The molecule has 0 aliphatic rings. The van der Waals surface area contributed by atoms with Crippen molar-refractivity contribution in [3.63, 3.8) is 0 Å². The fourth-order valence-corrected chi connectivity index (χ4v) is 2.42. The molecular weight excluding hydrogens is 296 g/mol. The van der Waals surface area contributed by atoms with Crippen molar-refractivity contribution < 1.29 is 17.9 Å². The zero-order chi connectivity index (χ0) is 15.8. The number of carbonyl (C=O) groups is 1. The summed E-state index contributed by atoms with van der Waals surface area (Å²) in [5.74, 6) is -0.0607. The molecule has 0 unspecified atom stereocenters. The molecule has 1 heterocycles. The Kier molecular flexibility index (Phi) is 3.71. The Morgan fingerprint density at radius 3 is 2.33 bits per heavy atom. The molecule has 0 fully saturated rings. The van der Waals surface area contributed by atoms with E-state index in [1.807, 2.05) is 0 Å². The van der Waals surface area contributed by atoms with Crippen molar-refractivity contribution in [3.05, 3.63) is 35.8 Å². The number of methoxy groups -OCH3 is 1. The van der Waals surface area contributed by atoms with Crippen LogP contribution in [0.15, 0.2) is 29.2 Å². The van der Waals surface area contributed by atoms with Crippen molar-refractivity contribution in [1.82, 2.24) is 9.55 Å². The summed E-state index contributed by atoms with van der Waals surface area (Å²) in [6.07, 6.45) is 0. The topological polar surface area (TPSA) is 130 Å². The molecule has 1 aromatic carbocycles. The predicted molar refractivity (Wildman–Crippen MR) is 75.4 cm³/mol. The van der Waals surface area contributed by atoms with E-state index in [4.69, 9.17) is 10.9 Å². The number of ether oxygens (including phenoxy) is 1. The van der Waals surface area contributed by atoms with Gasteiger partial charge in [-0.1, -0.05) is 0 Å². The van der Waals surface area contributed by atoms with Gasteiger partial charge in [-0.3, -0.25) is 4.57 Å². The molecule has 112 valence electrons. The van der Waals surface area contributed by atoms with Gasteiger partial charge in [0.1, 0.15) is 11.6 Å². The summed E-state index contributed by atoms with van der Waals surface area (Å²) in [6, 6.07) is 5.74. The first-order valence-electron chi connectivity index (χ1n) is 5.82. The maximum atomic E-state index is 11.5. The lowest BCUT2D eigenvalue weighted by Crippen LogP contribution is -2.12. The van der Waals surface area contributed by atoms with Crippen molar-refractivity contribution in [1.29, 1.82) is 0 Å². The van der Waals surface area contributed by atoms with Gasteiger partial charge >= 0.3 is 5.97 Å². The lowest BCUT2D eigenvalue weighted by molar-refractivity contribution is 0.0596. The molecule has 0 atom stereocenters. The number of aromatic nitrogens is 2. The summed E-state index contributed by atoms with van der Waals surface area (Å²) in [5, 5.41) is 5.03. The minimum atomic E-state index is -3.76. The Bertz CT molecular complexity index is 793. The quantitative estimate of drug-likeness (QED) is 0.778. The number of carbonyl (C=O) groups excluding carboxylic acids is 1. The second-order valence-corrected chi connectivity index (χ2v) is 5.82. The van der Waals surface area contributed by atoms with Gasteiger partial charge in [-0.25, -0.2) is 23.3 Å². The summed E-state index contributed by atoms with van der Waals surface area (Å²) in [7, 11) is -2.53. The average Bonchev–Trinajstić information content (AvgIpc) is 2.72. The van der Waals surface area contributed by atoms with Crippen molar-refractivity contribution in [3.8, 4) is 5.69 Å². The van der Waals surface area contributed by atoms with Crippen LogP contribution < -0.4 is 10.9 Å². The highest BCUT2D eigenvalue weighted by Crippen LogP contribution is 2.22. The van der Waals surface area contributed by atoms with E-state index in [1.165, 1.54) is 35.9 Å². The van der Waals surface area contributed by atoms with Gasteiger partial charge in [0, 0.05) is 5.69 Å². The molecule has 0 aliphatic heterocycles. The number of primary sulfonamides is 1. The molecule has 0 amide bonds. The zero-order valence-electron chi connectivity index (χ0n) is 11.4. The zero-order valence-corrected chi connectivity index (χ0v) is 12.2. The summed E-state index contributed by atoms with van der Waals surface area (Å²) >= 11 is 0. The number of hydrogen-bond acceptors (Lipinski definition) is 6. The fourth-order valence-electron chi connectivity index (χ4n) is 1.91. The maximum absolute atomic E-state index is 11.5. The third-order valence-electron chi connectivity index (χ3n) is 2.88. The van der Waals surface area contributed by atoms with E-state index >= 15 is 0 Å². The van der Waals surface area contributed by atoms with Gasteiger partial charge in [-0.15, -0.1) is 0 Å². The Hall–Kier alpha value is -2.39. The van der Waals surface area contributed by atoms with Gasteiger partial charge in [0.05, 0.1) is 12.0 Å². The van der Waals surface area contributed by atoms with E-state index in [2.05, 4.69) is 9.72 Å². The van der Waals surface area contributed by atoms with Gasteiger partial charge in [0.25, 0.3) is 0 Å². The van der Waals surface area contributed by atoms with Crippen molar-refractivity contribution in [2.24, 2.45) is 5.14 Å². The van der Waals surface area contributed by atoms with Crippen LogP contribution in [0.1, 0.15) is 16.3 Å². The van der Waals surface area contributed by atoms with Crippen molar-refractivity contribution in [2.45, 2.75) is 11.8 Å². The van der Waals surface area contributed by atoms with Crippen molar-refractivity contribution >= 4 is 21.8 Å². The van der Waals surface area contributed by atoms with Gasteiger partial charge < -0.3 is 10.5 Å². The molecule has 0 spiro atoms. The van der Waals surface area contributed by atoms with Gasteiger partial charge in [0.2, 0.25) is 10.0 Å². The lowest BCUT2D eigenvalue weighted by atomic mass is 10.3. The van der Waals surface area contributed by atoms with Crippen LogP contribution in [0.25, 0.3) is 5.69 Å². The monoisotopic (exact) mass is 310 g/mol. The minimum absolute atomic E-state index is 0.00511. The van der Waals surface area contributed by atoms with E-state index in [0.717, 1.165) is 0 Å². The number of nitrogen functional groups attached to an aromatic ring is 1. The number of sulfonamides is 1. The van der Waals surface area contributed by atoms with Crippen LogP contribution in [-0.4, -0.2) is 31.0 Å². The molecule has 2 aromatic rings. The molecule has 0 saturated carbocycles. The first-order chi connectivity index (χ1) is 9.75. The lowest BCUT2D eigenvalue weighted by Gasteiger charge is -2.08. The number of nitrogens with zero attached hydrogens (tertiary/aromatic N) is 2. The summed E-state index contributed by atoms with van der Waals surface area (Å²) in [6.45, 7) is 1.66. The average molecular weight is 310 g/mol. The molecule has 9 heteroatoms. The number of imidazole rings is 1. The first kappa shape index (κ1) is 15.0. The molecule has 0 radical (unpaired) electrons. The SMILES string of the molecule is COC(=O)c1nc(C)n(-c2ccc(S(N)(=O)=O)cc2)c1N. The highest BCUT2D eigenvalue weighted by atomic mass is 32.2. The number of hydrogen-bond donors (Lipinski definition) is 2. The molecule has 21 heavy (non-hydrogen) atoms. The Labute approximate surface area is 121 Å². The Morgan fingerprint density at radius 2 is 1.86 bits per heavy atom. The van der Waals surface area contributed by atoms with Crippen LogP contribution in [0.2, 0.25) is 0 Å². The van der Waals surface area contributed by atoms with Crippen LogP contribution in [0.5, 0.6) is 0 Å². The third-order valence-corrected chi connectivity index (χ3v) is 3.81. The second-order valence-electron chi connectivity index (χ2n) is 4.26. The minimum Gasteiger partial charge on any atom is -0.464 e. The van der Waals surface area contributed by atoms with Crippen LogP contribution in [0.3, 0.4) is 0 Å². The van der Waals surface area contributed by atoms with Gasteiger partial charge in [0.15, 0.2) is 5.69 Å². The smallest absolute Gasteiger partial charge is 0.360 e. The van der Waals surface area contributed by atoms with Gasteiger partial charge in [-0.05, 0) is 31.2 Å². The van der Waals surface area contributed by atoms with E-state index < -0.39 is 16.0 Å². The summed E-state index contributed by atoms with van der Waals surface area (Å²) < 4.78 is 28.5. The number of nitrogens with two attached hydrogens (primary N) is 2. The van der Waals surface area contributed by atoms with Crippen LogP contribution in [0.4, 0.5) is 5.82 Å².